The summed E-state index contributed by atoms with van der Waals surface area (Å²) in [7, 11) is 4.38. The van der Waals surface area contributed by atoms with E-state index in [1.54, 1.807) is 12.1 Å². The number of pyridine rings is 1. The Labute approximate surface area is 244 Å². The fourth-order valence-electron chi connectivity index (χ4n) is 2.97. The molecule has 0 aromatic carbocycles. The monoisotopic (exact) mass is 576 g/mol. The summed E-state index contributed by atoms with van der Waals surface area (Å²) in [4.78, 5) is 25.3. The van der Waals surface area contributed by atoms with E-state index in [-0.39, 0.29) is 5.60 Å². The summed E-state index contributed by atoms with van der Waals surface area (Å²) in [6.07, 6.45) is 3.74. The van der Waals surface area contributed by atoms with Crippen molar-refractivity contribution in [2.75, 3.05) is 44.9 Å². The van der Waals surface area contributed by atoms with Gasteiger partial charge in [-0.25, -0.2) is 4.98 Å². The van der Waals surface area contributed by atoms with Crippen LogP contribution in [0.15, 0.2) is 69.4 Å². The van der Waals surface area contributed by atoms with Crippen molar-refractivity contribution in [2.45, 2.75) is 53.2 Å². The summed E-state index contributed by atoms with van der Waals surface area (Å²) >= 11 is 2.99. The van der Waals surface area contributed by atoms with Crippen molar-refractivity contribution < 1.29 is 9.53 Å². The highest BCUT2D eigenvalue weighted by Gasteiger charge is 2.16. The number of carbonyl (C=O) groups excluding carboxylic acids is 1. The lowest BCUT2D eigenvalue weighted by Crippen LogP contribution is -2.48. The molecule has 0 bridgehead atoms. The summed E-state index contributed by atoms with van der Waals surface area (Å²) in [5.41, 5.74) is 7.78. The highest BCUT2D eigenvalue weighted by atomic mass is 32.2. The Morgan fingerprint density at radius 2 is 1.97 bits per heavy atom. The van der Waals surface area contributed by atoms with E-state index in [1.165, 1.54) is 55.6 Å². The summed E-state index contributed by atoms with van der Waals surface area (Å²) in [5.74, 6) is 1.30. The van der Waals surface area contributed by atoms with Crippen LogP contribution in [0, 0.1) is 0 Å². The van der Waals surface area contributed by atoms with Crippen LogP contribution in [0.25, 0.3) is 0 Å². The van der Waals surface area contributed by atoms with Crippen LogP contribution >= 0.6 is 23.5 Å². The van der Waals surface area contributed by atoms with Crippen molar-refractivity contribution in [1.82, 2.24) is 14.8 Å². The number of ether oxygens (including phenoxy) is 1. The summed E-state index contributed by atoms with van der Waals surface area (Å²) < 4.78 is 4.99. The van der Waals surface area contributed by atoms with E-state index in [4.69, 9.17) is 10.5 Å². The molecule has 0 spiro atoms. The van der Waals surface area contributed by atoms with E-state index < -0.39 is 0 Å². The van der Waals surface area contributed by atoms with Gasteiger partial charge < -0.3 is 25.6 Å². The molecule has 2 heterocycles. The molecule has 8 nitrogen and oxygen atoms in total. The minimum Gasteiger partial charge on any atom is -0.496 e. The minimum atomic E-state index is -0.0677. The van der Waals surface area contributed by atoms with Crippen molar-refractivity contribution in [2.24, 2.45) is 10.7 Å². The van der Waals surface area contributed by atoms with Gasteiger partial charge in [0, 0.05) is 43.1 Å². The van der Waals surface area contributed by atoms with E-state index in [2.05, 4.69) is 66.0 Å². The Bertz CT molecular complexity index is 967. The topological polar surface area (TPSA) is 96.1 Å². The molecule has 218 valence electrons. The van der Waals surface area contributed by atoms with E-state index in [0.29, 0.717) is 28.7 Å². The maximum Gasteiger partial charge on any atom is 0.151 e. The van der Waals surface area contributed by atoms with Crippen LogP contribution in [0.3, 0.4) is 0 Å². The summed E-state index contributed by atoms with van der Waals surface area (Å²) in [6, 6.07) is 4.21. The molecule has 1 aliphatic rings. The zero-order valence-corrected chi connectivity index (χ0v) is 26.6. The van der Waals surface area contributed by atoms with Crippen LogP contribution in [0.5, 0.6) is 0 Å². The van der Waals surface area contributed by atoms with Gasteiger partial charge in [-0.15, -0.1) is 11.8 Å². The van der Waals surface area contributed by atoms with Crippen molar-refractivity contribution in [3.63, 3.8) is 0 Å². The van der Waals surface area contributed by atoms with Crippen LogP contribution in [0.1, 0.15) is 51.9 Å². The zero-order valence-electron chi connectivity index (χ0n) is 25.0. The third kappa shape index (κ3) is 17.6. The molecule has 2 rings (SSSR count). The first kappa shape index (κ1) is 36.5. The minimum absolute atomic E-state index is 0.0677. The van der Waals surface area contributed by atoms with Crippen molar-refractivity contribution in [1.29, 1.82) is 0 Å². The molecule has 1 aromatic rings. The number of carbonyl (C=O) groups is 1. The van der Waals surface area contributed by atoms with Crippen molar-refractivity contribution >= 4 is 42.3 Å². The molecular weight excluding hydrogens is 528 g/mol. The molecule has 1 fully saturated rings. The largest absolute Gasteiger partial charge is 0.496 e. The van der Waals surface area contributed by atoms with E-state index in [0.717, 1.165) is 22.1 Å². The van der Waals surface area contributed by atoms with Gasteiger partial charge >= 0.3 is 0 Å². The molecule has 1 atom stereocenters. The van der Waals surface area contributed by atoms with Crippen LogP contribution in [0.2, 0.25) is 0 Å². The second-order valence-corrected chi connectivity index (χ2v) is 12.2. The third-order valence-electron chi connectivity index (χ3n) is 5.09. The first-order valence-corrected chi connectivity index (χ1v) is 14.5. The molecular formula is C29H48N6O2S2. The summed E-state index contributed by atoms with van der Waals surface area (Å²) in [6.45, 7) is 26.5. The number of nitrogens with one attached hydrogen (secondary N) is 1. The fourth-order valence-corrected chi connectivity index (χ4v) is 4.44. The van der Waals surface area contributed by atoms with Gasteiger partial charge in [-0.2, -0.15) is 0 Å². The highest BCUT2D eigenvalue weighted by molar-refractivity contribution is 8.07. The number of nitrogens with two attached hydrogens (primary N) is 1. The van der Waals surface area contributed by atoms with E-state index in [9.17, 15) is 4.79 Å². The zero-order chi connectivity index (χ0) is 30.0. The van der Waals surface area contributed by atoms with Crippen LogP contribution < -0.4 is 11.1 Å². The van der Waals surface area contributed by atoms with Gasteiger partial charge in [0.1, 0.15) is 5.82 Å². The molecule has 0 amide bonds. The summed E-state index contributed by atoms with van der Waals surface area (Å²) in [5, 5.41) is 5.03. The van der Waals surface area contributed by atoms with Crippen molar-refractivity contribution in [3.05, 3.63) is 69.9 Å². The molecule has 39 heavy (non-hydrogen) atoms. The molecule has 10 heteroatoms. The molecule has 1 aliphatic heterocycles. The first-order valence-electron chi connectivity index (χ1n) is 12.6. The maximum absolute atomic E-state index is 10.6. The molecule has 0 saturated carbocycles. The van der Waals surface area contributed by atoms with Gasteiger partial charge in [-0.05, 0) is 84.8 Å². The Balaban J connectivity index is 0.000000731. The molecule has 0 unspecified atom stereocenters. The van der Waals surface area contributed by atoms with Crippen molar-refractivity contribution in [3.8, 4) is 0 Å². The van der Waals surface area contributed by atoms with E-state index >= 15 is 0 Å². The molecule has 1 aromatic heterocycles. The Morgan fingerprint density at radius 3 is 2.36 bits per heavy atom. The normalized spacial score (nSPS) is 16.8. The second-order valence-electron chi connectivity index (χ2n) is 10.0. The number of allylic oxidation sites excluding steroid dienone is 2. The Hall–Kier alpha value is -2.53. The number of anilines is 1. The number of aldehydes is 1. The van der Waals surface area contributed by atoms with Gasteiger partial charge in [0.2, 0.25) is 0 Å². The Kier molecular flexibility index (Phi) is 18.3. The standard InChI is InChI=1S/C16H20N4OS2.C7H16N2.C6H12O/c1-11(2)23-16(12(3)17)14(18-4)9-22-10-20-15-6-5-13(8-21)7-19-15;1-7-6-8(2)4-5-9(7)3;1-5-7-6(2,3)4/h5-9H,1,4,10,17H2,2-3H3,(H,19,20);7H,4-6H2,1-3H3;5H,1H2,2-4H3/b14-9-,16-12-;;/t;7-;/m.1./s1. The SMILES string of the molecule is C=COC(C)(C)C.C=NC(=C\SCNc1ccc(C=O)cn1)/C(SC(=C)C)=C(\C)N.C[C@@H]1CN(C)CCN1C. The predicted molar refractivity (Wildman–Crippen MR) is 173 cm³/mol. The van der Waals surface area contributed by atoms with Gasteiger partial charge in [0.05, 0.1) is 28.3 Å². The number of nitrogens with zero attached hydrogens (tertiary/aromatic N) is 4. The van der Waals surface area contributed by atoms with Crippen LogP contribution in [0.4, 0.5) is 5.82 Å². The number of likely N-dealkylation sites (N-methyl/N-ethyl adjacent to an activating group) is 2. The Morgan fingerprint density at radius 1 is 1.31 bits per heavy atom. The molecule has 0 radical (unpaired) electrons. The number of aliphatic imine (C=N–C) groups is 1. The van der Waals surface area contributed by atoms with Gasteiger partial charge in [-0.1, -0.05) is 24.9 Å². The van der Waals surface area contributed by atoms with Gasteiger partial charge in [0.15, 0.2) is 6.29 Å². The van der Waals surface area contributed by atoms with Crippen LogP contribution in [-0.2, 0) is 4.74 Å². The second kappa shape index (κ2) is 19.5. The average Bonchev–Trinajstić information content (AvgIpc) is 2.85. The number of hydrogen-bond donors (Lipinski definition) is 2. The number of hydrogen-bond acceptors (Lipinski definition) is 10. The van der Waals surface area contributed by atoms with Gasteiger partial charge in [0.25, 0.3) is 0 Å². The number of piperazine rings is 1. The lowest BCUT2D eigenvalue weighted by Gasteiger charge is -2.35. The lowest BCUT2D eigenvalue weighted by molar-refractivity contribution is 0.0775. The number of aromatic nitrogens is 1. The lowest BCUT2D eigenvalue weighted by atomic mass is 10.2. The van der Waals surface area contributed by atoms with Crippen LogP contribution in [-0.4, -0.2) is 79.0 Å². The molecule has 0 aliphatic carbocycles. The third-order valence-corrected chi connectivity index (χ3v) is 6.88. The fraction of sp³-hybridized carbons (Fsp3) is 0.483. The average molecular weight is 577 g/mol. The molecule has 1 saturated heterocycles. The maximum atomic E-state index is 10.6. The van der Waals surface area contributed by atoms with E-state index in [1.807, 2.05) is 40.0 Å². The quantitative estimate of drug-likeness (QED) is 0.0843. The smallest absolute Gasteiger partial charge is 0.151 e. The molecule has 3 N–H and O–H groups in total. The number of rotatable bonds is 10. The predicted octanol–water partition coefficient (Wildman–Crippen LogP) is 6.19. The number of thioether (sulfide) groups is 2. The van der Waals surface area contributed by atoms with Gasteiger partial charge in [-0.3, -0.25) is 9.79 Å². The highest BCUT2D eigenvalue weighted by Crippen LogP contribution is 2.32. The first-order chi connectivity index (χ1) is 18.2.